The van der Waals surface area contributed by atoms with E-state index in [1.54, 1.807) is 6.07 Å². The standard InChI is InChI=1S/C59H95BrN2O5/c1-5-7-9-11-13-15-17-19-21-23-24-25-26-28-30-32-34-36-38-40-56(63)66-49-51-47-53(62(64)65)46-50-43-44-59(67-57(50)51)58(3,4)54-48-52(60)41-42-55(54)61(59)45-39-37-35-33-31-29-27-22-20-18-16-14-12-10-8-6-2/h41-44,46-48H,5-40,45,49H2,1-4H3. The monoisotopic (exact) mass is 991 g/mol. The van der Waals surface area contributed by atoms with Gasteiger partial charge in [-0.1, -0.05) is 242 Å². The van der Waals surface area contributed by atoms with Crippen molar-refractivity contribution in [3.8, 4) is 5.75 Å². The summed E-state index contributed by atoms with van der Waals surface area (Å²) in [5.41, 5.74) is 2.16. The molecule has 0 N–H and O–H groups in total. The summed E-state index contributed by atoms with van der Waals surface area (Å²) in [5, 5.41) is 12.1. The Hall–Kier alpha value is -2.87. The number of nitro benzene ring substituents is 1. The molecule has 8 heteroatoms. The highest BCUT2D eigenvalue weighted by atomic mass is 79.9. The van der Waals surface area contributed by atoms with Crippen LogP contribution in [0.25, 0.3) is 6.08 Å². The Bertz CT molecular complexity index is 1730. The number of non-ortho nitro benzene ring substituents is 1. The van der Waals surface area contributed by atoms with Crippen LogP contribution in [-0.2, 0) is 21.6 Å². The molecule has 0 amide bonds. The molecule has 0 saturated heterocycles. The lowest BCUT2D eigenvalue weighted by atomic mass is 9.76. The lowest BCUT2D eigenvalue weighted by Crippen LogP contribution is -2.59. The molecule has 2 aromatic rings. The van der Waals surface area contributed by atoms with Crippen molar-refractivity contribution in [1.82, 2.24) is 0 Å². The number of nitro groups is 1. The third kappa shape index (κ3) is 19.5. The Morgan fingerprint density at radius 3 is 1.51 bits per heavy atom. The van der Waals surface area contributed by atoms with Gasteiger partial charge in [-0.3, -0.25) is 14.9 Å². The number of fused-ring (bicyclic) bond motifs is 2. The van der Waals surface area contributed by atoms with Gasteiger partial charge in [-0.25, -0.2) is 0 Å². The molecular formula is C59H95BrN2O5. The summed E-state index contributed by atoms with van der Waals surface area (Å²) < 4.78 is 14.1. The Kier molecular flexibility index (Phi) is 27.8. The molecule has 0 bridgehead atoms. The molecule has 2 aliphatic heterocycles. The molecular weight excluding hydrogens is 897 g/mol. The molecule has 67 heavy (non-hydrogen) atoms. The van der Waals surface area contributed by atoms with Crippen LogP contribution in [0.15, 0.2) is 40.9 Å². The highest BCUT2D eigenvalue weighted by Gasteiger charge is 2.59. The Balaban J connectivity index is 1.19. The number of unbranched alkanes of at least 4 members (excludes halogenated alkanes) is 33. The number of ether oxygens (including phenoxy) is 2. The summed E-state index contributed by atoms with van der Waals surface area (Å²) in [6.45, 7) is 9.79. The van der Waals surface area contributed by atoms with Gasteiger partial charge in [0.25, 0.3) is 5.69 Å². The number of anilines is 1. The van der Waals surface area contributed by atoms with E-state index in [0.717, 1.165) is 48.8 Å². The lowest BCUT2D eigenvalue weighted by molar-refractivity contribution is -0.385. The largest absolute Gasteiger partial charge is 0.462 e. The van der Waals surface area contributed by atoms with Gasteiger partial charge in [-0.05, 0) is 62.6 Å². The van der Waals surface area contributed by atoms with Crippen LogP contribution in [0.1, 0.15) is 276 Å². The summed E-state index contributed by atoms with van der Waals surface area (Å²) in [5.74, 6) is 0.290. The topological polar surface area (TPSA) is 81.9 Å². The van der Waals surface area contributed by atoms with Crippen molar-refractivity contribution >= 4 is 39.4 Å². The van der Waals surface area contributed by atoms with Crippen LogP contribution in [0.2, 0.25) is 0 Å². The lowest BCUT2D eigenvalue weighted by Gasteiger charge is -2.47. The Morgan fingerprint density at radius 1 is 0.627 bits per heavy atom. The zero-order chi connectivity index (χ0) is 48.0. The van der Waals surface area contributed by atoms with Crippen molar-refractivity contribution in [3.63, 3.8) is 0 Å². The van der Waals surface area contributed by atoms with Gasteiger partial charge in [0.1, 0.15) is 12.4 Å². The molecule has 0 saturated carbocycles. The van der Waals surface area contributed by atoms with E-state index in [1.165, 1.54) is 204 Å². The van der Waals surface area contributed by atoms with Gasteiger partial charge in [0.2, 0.25) is 5.72 Å². The van der Waals surface area contributed by atoms with E-state index in [-0.39, 0.29) is 23.2 Å². The highest BCUT2D eigenvalue weighted by molar-refractivity contribution is 9.10. The molecule has 4 rings (SSSR count). The second-order valence-corrected chi connectivity index (χ2v) is 21.8. The average molecular weight is 992 g/mol. The van der Waals surface area contributed by atoms with Crippen LogP contribution < -0.4 is 9.64 Å². The molecule has 2 aliphatic rings. The zero-order valence-electron chi connectivity index (χ0n) is 43.2. The molecule has 0 aromatic heterocycles. The van der Waals surface area contributed by atoms with Gasteiger partial charge in [-0.2, -0.15) is 0 Å². The van der Waals surface area contributed by atoms with E-state index in [9.17, 15) is 14.9 Å². The van der Waals surface area contributed by atoms with Crippen LogP contribution in [0.5, 0.6) is 5.75 Å². The molecule has 1 spiro atoms. The van der Waals surface area contributed by atoms with Crippen molar-refractivity contribution < 1.29 is 19.2 Å². The van der Waals surface area contributed by atoms with Crippen LogP contribution in [0.3, 0.4) is 0 Å². The molecule has 1 unspecified atom stereocenters. The smallest absolute Gasteiger partial charge is 0.306 e. The first-order chi connectivity index (χ1) is 32.6. The fraction of sp³-hybridized carbons (Fsp3) is 0.746. The number of carbonyl (C=O) groups is 1. The maximum Gasteiger partial charge on any atom is 0.306 e. The summed E-state index contributed by atoms with van der Waals surface area (Å²) in [6, 6.07) is 9.60. The SMILES string of the molecule is CCCCCCCCCCCCCCCCCCCCCC(=O)OCc1cc([N+](=O)[O-])cc2c1OC1(C=C2)N(CCCCCCCCCCCCCCCCCC)c2ccc(Br)cc2C1(C)C. The fourth-order valence-electron chi connectivity index (χ4n) is 10.7. The molecule has 2 aromatic carbocycles. The van der Waals surface area contributed by atoms with E-state index in [2.05, 4.69) is 72.8 Å². The number of hydrogen-bond donors (Lipinski definition) is 0. The minimum atomic E-state index is -0.861. The van der Waals surface area contributed by atoms with Crippen LogP contribution >= 0.6 is 15.9 Å². The fourth-order valence-corrected chi connectivity index (χ4v) is 11.0. The first-order valence-electron chi connectivity index (χ1n) is 28.1. The van der Waals surface area contributed by atoms with Crippen molar-refractivity contribution in [2.45, 2.75) is 277 Å². The first kappa shape index (κ1) is 56.7. The second-order valence-electron chi connectivity index (χ2n) is 20.9. The van der Waals surface area contributed by atoms with Gasteiger partial charge in [-0.15, -0.1) is 0 Å². The number of benzene rings is 2. The first-order valence-corrected chi connectivity index (χ1v) is 28.9. The summed E-state index contributed by atoms with van der Waals surface area (Å²) >= 11 is 3.73. The maximum absolute atomic E-state index is 13.1. The van der Waals surface area contributed by atoms with E-state index in [1.807, 2.05) is 6.08 Å². The summed E-state index contributed by atoms with van der Waals surface area (Å²) in [6.07, 6.45) is 50.6. The summed E-state index contributed by atoms with van der Waals surface area (Å²) in [4.78, 5) is 27.2. The predicted octanol–water partition coefficient (Wildman–Crippen LogP) is 19.4. The van der Waals surface area contributed by atoms with Crippen LogP contribution in [-0.4, -0.2) is 23.2 Å². The van der Waals surface area contributed by atoms with E-state index < -0.39 is 11.1 Å². The van der Waals surface area contributed by atoms with Gasteiger partial charge >= 0.3 is 5.97 Å². The van der Waals surface area contributed by atoms with Gasteiger partial charge in [0.15, 0.2) is 0 Å². The predicted molar refractivity (Wildman–Crippen MR) is 287 cm³/mol. The van der Waals surface area contributed by atoms with Crippen molar-refractivity contribution in [2.24, 2.45) is 0 Å². The highest BCUT2D eigenvalue weighted by Crippen LogP contribution is 2.56. The van der Waals surface area contributed by atoms with Gasteiger partial charge < -0.3 is 14.4 Å². The normalized spacial score (nSPS) is 15.8. The van der Waals surface area contributed by atoms with Crippen LogP contribution in [0.4, 0.5) is 11.4 Å². The Labute approximate surface area is 418 Å². The number of nitrogens with zero attached hydrogens (tertiary/aromatic N) is 2. The molecule has 2 heterocycles. The van der Waals surface area contributed by atoms with Gasteiger partial charge in [0.05, 0.1) is 10.3 Å². The number of esters is 1. The van der Waals surface area contributed by atoms with Gasteiger partial charge in [0, 0.05) is 46.4 Å². The minimum absolute atomic E-state index is 0.0317. The average Bonchev–Trinajstić information content (AvgIpc) is 3.48. The molecule has 0 fully saturated rings. The molecule has 7 nitrogen and oxygen atoms in total. The van der Waals surface area contributed by atoms with Crippen molar-refractivity contribution in [2.75, 3.05) is 11.4 Å². The van der Waals surface area contributed by atoms with Crippen LogP contribution in [0, 0.1) is 10.1 Å². The number of hydrogen-bond acceptors (Lipinski definition) is 6. The molecule has 0 aliphatic carbocycles. The quantitative estimate of drug-likeness (QED) is 0.0286. The number of halogens is 1. The van der Waals surface area contributed by atoms with E-state index >= 15 is 0 Å². The van der Waals surface area contributed by atoms with E-state index in [4.69, 9.17) is 9.47 Å². The number of carbonyl (C=O) groups excluding carboxylic acids is 1. The number of rotatable bonds is 40. The zero-order valence-corrected chi connectivity index (χ0v) is 44.8. The third-order valence-corrected chi connectivity index (χ3v) is 15.5. The molecule has 1 atom stereocenters. The molecule has 378 valence electrons. The second kappa shape index (κ2) is 32.8. The van der Waals surface area contributed by atoms with E-state index in [0.29, 0.717) is 23.3 Å². The summed E-state index contributed by atoms with van der Waals surface area (Å²) in [7, 11) is 0. The van der Waals surface area contributed by atoms with Crippen molar-refractivity contribution in [3.05, 3.63) is 67.7 Å². The minimum Gasteiger partial charge on any atom is -0.462 e. The molecule has 0 radical (unpaired) electrons. The maximum atomic E-state index is 13.1. The van der Waals surface area contributed by atoms with Crippen molar-refractivity contribution in [1.29, 1.82) is 0 Å². The third-order valence-electron chi connectivity index (χ3n) is 15.0. The Morgan fingerprint density at radius 2 is 1.06 bits per heavy atom.